The van der Waals surface area contributed by atoms with Crippen LogP contribution in [-0.4, -0.2) is 0 Å². The molecular weight excluding hydrogens is 629 g/mol. The molecule has 0 aliphatic rings. The molecule has 0 saturated heterocycles. The van der Waals surface area contributed by atoms with Crippen LogP contribution in [0.1, 0.15) is 182 Å². The van der Waals surface area contributed by atoms with Crippen LogP contribution in [-0.2, 0) is 12.8 Å². The minimum Gasteiger partial charge on any atom is -0.399 e. The number of nitrogen functional groups attached to an aromatic ring is 2. The summed E-state index contributed by atoms with van der Waals surface area (Å²) >= 11 is 0. The molecule has 0 aromatic heterocycles. The van der Waals surface area contributed by atoms with Gasteiger partial charge in [0.15, 0.2) is 0 Å². The topological polar surface area (TPSA) is 52.0 Å². The van der Waals surface area contributed by atoms with Crippen LogP contribution < -0.4 is 11.5 Å². The smallest absolute Gasteiger partial charge is 0.0314 e. The Morgan fingerprint density at radius 2 is 0.635 bits per heavy atom. The lowest BCUT2D eigenvalue weighted by Gasteiger charge is -2.21. The number of hydrogen-bond acceptors (Lipinski definition) is 2. The number of benzene rings is 4. The molecule has 4 aromatic rings. The Kier molecular flexibility index (Phi) is 19.0. The number of anilines is 2. The highest BCUT2D eigenvalue weighted by Crippen LogP contribution is 2.33. The third-order valence-corrected chi connectivity index (χ3v) is 11.4. The zero-order valence-electron chi connectivity index (χ0n) is 33.3. The van der Waals surface area contributed by atoms with Crippen molar-refractivity contribution in [1.29, 1.82) is 0 Å². The molecule has 2 atom stereocenters. The van der Waals surface area contributed by atoms with Crippen LogP contribution in [0.25, 0.3) is 0 Å². The second-order valence-electron chi connectivity index (χ2n) is 15.8. The van der Waals surface area contributed by atoms with E-state index in [0.717, 1.165) is 24.2 Å². The van der Waals surface area contributed by atoms with Gasteiger partial charge in [-0.2, -0.15) is 0 Å². The SMILES string of the molecule is CCCCCCCCCC(Cc1ccc(C(CCCCCC)c2ccc(N)cc2)cc1)Cc1ccc(C(CCCCCC)c2ccc(N)cc2)cc1. The van der Waals surface area contributed by atoms with Gasteiger partial charge in [0.25, 0.3) is 0 Å². The molecule has 2 unspecified atom stereocenters. The van der Waals surface area contributed by atoms with Gasteiger partial charge < -0.3 is 11.5 Å². The van der Waals surface area contributed by atoms with Gasteiger partial charge in [-0.05, 0) is 95.7 Å². The first-order chi connectivity index (χ1) is 25.5. The summed E-state index contributed by atoms with van der Waals surface area (Å²) in [6, 6.07) is 36.6. The van der Waals surface area contributed by atoms with Crippen molar-refractivity contribution in [2.24, 2.45) is 5.92 Å². The first-order valence-corrected chi connectivity index (χ1v) is 21.4. The van der Waals surface area contributed by atoms with E-state index in [1.807, 2.05) is 0 Å². The van der Waals surface area contributed by atoms with Crippen molar-refractivity contribution < 1.29 is 0 Å². The third-order valence-electron chi connectivity index (χ3n) is 11.4. The number of unbranched alkanes of at least 4 members (excludes halogenated alkanes) is 12. The molecule has 0 fully saturated rings. The summed E-state index contributed by atoms with van der Waals surface area (Å²) in [5.74, 6) is 1.51. The summed E-state index contributed by atoms with van der Waals surface area (Å²) in [4.78, 5) is 0. The molecule has 282 valence electrons. The number of nitrogens with two attached hydrogens (primary N) is 2. The second kappa shape index (κ2) is 23.9. The predicted octanol–water partition coefficient (Wildman–Crippen LogP) is 14.6. The Balaban J connectivity index is 1.47. The molecule has 52 heavy (non-hydrogen) atoms. The Labute approximate surface area is 319 Å². The Bertz CT molecular complexity index is 1360. The van der Waals surface area contributed by atoms with E-state index in [-0.39, 0.29) is 0 Å². The molecule has 0 amide bonds. The van der Waals surface area contributed by atoms with Gasteiger partial charge in [0.2, 0.25) is 0 Å². The third kappa shape index (κ3) is 14.5. The lowest BCUT2D eigenvalue weighted by Crippen LogP contribution is -2.10. The standard InChI is InChI=1S/C50H72N2/c1-4-7-10-13-14-15-16-19-42(38-40-22-26-43(27-23-40)49(20-17-11-8-5-2)45-30-34-47(51)35-31-45)39-41-24-28-44(29-25-41)50(21-18-12-9-6-3)46-32-36-48(52)37-33-46/h22-37,42,49-50H,4-21,38-39,51-52H2,1-3H3. The van der Waals surface area contributed by atoms with Crippen molar-refractivity contribution in [3.05, 3.63) is 130 Å². The number of rotatable bonds is 26. The summed E-state index contributed by atoms with van der Waals surface area (Å²) in [6.45, 7) is 6.89. The molecular formula is C50H72N2. The highest BCUT2D eigenvalue weighted by molar-refractivity contribution is 5.44. The molecule has 2 heteroatoms. The van der Waals surface area contributed by atoms with Crippen LogP contribution in [0.3, 0.4) is 0 Å². The average molecular weight is 701 g/mol. The monoisotopic (exact) mass is 701 g/mol. The predicted molar refractivity (Wildman–Crippen MR) is 229 cm³/mol. The largest absolute Gasteiger partial charge is 0.399 e. The van der Waals surface area contributed by atoms with E-state index in [1.165, 1.54) is 149 Å². The van der Waals surface area contributed by atoms with E-state index in [0.29, 0.717) is 17.8 Å². The lowest BCUT2D eigenvalue weighted by molar-refractivity contribution is 0.444. The van der Waals surface area contributed by atoms with Gasteiger partial charge in [-0.1, -0.05) is 190 Å². The van der Waals surface area contributed by atoms with Crippen LogP contribution in [0.2, 0.25) is 0 Å². The van der Waals surface area contributed by atoms with Gasteiger partial charge in [0.1, 0.15) is 0 Å². The maximum atomic E-state index is 6.07. The molecule has 4 N–H and O–H groups in total. The minimum atomic E-state index is 0.428. The quantitative estimate of drug-likeness (QED) is 0.0506. The molecule has 0 aliphatic carbocycles. The second-order valence-corrected chi connectivity index (χ2v) is 15.8. The summed E-state index contributed by atoms with van der Waals surface area (Å²) < 4.78 is 0. The minimum absolute atomic E-state index is 0.428. The highest BCUT2D eigenvalue weighted by atomic mass is 14.5. The lowest BCUT2D eigenvalue weighted by atomic mass is 9.83. The fraction of sp³-hybridized carbons (Fsp3) is 0.520. The normalized spacial score (nSPS) is 13.2. The van der Waals surface area contributed by atoms with Crippen molar-refractivity contribution >= 4 is 11.4 Å². The van der Waals surface area contributed by atoms with Crippen LogP contribution in [0.4, 0.5) is 11.4 Å². The molecule has 2 nitrogen and oxygen atoms in total. The molecule has 0 spiro atoms. The van der Waals surface area contributed by atoms with Gasteiger partial charge in [-0.25, -0.2) is 0 Å². The fourth-order valence-electron chi connectivity index (χ4n) is 8.16. The molecule has 4 aromatic carbocycles. The van der Waals surface area contributed by atoms with E-state index in [1.54, 1.807) is 0 Å². The zero-order valence-corrected chi connectivity index (χ0v) is 33.3. The van der Waals surface area contributed by atoms with Gasteiger partial charge in [-0.15, -0.1) is 0 Å². The summed E-state index contributed by atoms with van der Waals surface area (Å²) in [5.41, 5.74) is 22.4. The number of hydrogen-bond donors (Lipinski definition) is 2. The molecule has 0 heterocycles. The van der Waals surface area contributed by atoms with E-state index in [9.17, 15) is 0 Å². The van der Waals surface area contributed by atoms with Crippen molar-refractivity contribution in [1.82, 2.24) is 0 Å². The van der Waals surface area contributed by atoms with Crippen LogP contribution in [0.15, 0.2) is 97.1 Å². The summed E-state index contributed by atoms with van der Waals surface area (Å²) in [6.07, 6.45) is 25.9. The van der Waals surface area contributed by atoms with Crippen molar-refractivity contribution in [3.63, 3.8) is 0 Å². The van der Waals surface area contributed by atoms with Crippen molar-refractivity contribution in [2.75, 3.05) is 11.5 Å². The van der Waals surface area contributed by atoms with E-state index >= 15 is 0 Å². The van der Waals surface area contributed by atoms with Crippen LogP contribution >= 0.6 is 0 Å². The van der Waals surface area contributed by atoms with Gasteiger partial charge in [0, 0.05) is 23.2 Å². The van der Waals surface area contributed by atoms with E-state index in [2.05, 4.69) is 118 Å². The fourth-order valence-corrected chi connectivity index (χ4v) is 8.16. The van der Waals surface area contributed by atoms with Gasteiger partial charge >= 0.3 is 0 Å². The molecule has 0 radical (unpaired) electrons. The molecule has 0 aliphatic heterocycles. The van der Waals surface area contributed by atoms with E-state index in [4.69, 9.17) is 11.5 Å². The maximum absolute atomic E-state index is 6.07. The highest BCUT2D eigenvalue weighted by Gasteiger charge is 2.18. The van der Waals surface area contributed by atoms with Gasteiger partial charge in [0.05, 0.1) is 0 Å². The first-order valence-electron chi connectivity index (χ1n) is 21.4. The van der Waals surface area contributed by atoms with Crippen LogP contribution in [0.5, 0.6) is 0 Å². The van der Waals surface area contributed by atoms with E-state index < -0.39 is 0 Å². The zero-order chi connectivity index (χ0) is 36.8. The average Bonchev–Trinajstić information content (AvgIpc) is 3.16. The van der Waals surface area contributed by atoms with Crippen molar-refractivity contribution in [3.8, 4) is 0 Å². The Morgan fingerprint density at radius 1 is 0.346 bits per heavy atom. The summed E-state index contributed by atoms with van der Waals surface area (Å²) in [7, 11) is 0. The summed E-state index contributed by atoms with van der Waals surface area (Å²) in [5, 5.41) is 0. The Hall–Kier alpha value is -3.52. The van der Waals surface area contributed by atoms with Gasteiger partial charge in [-0.3, -0.25) is 0 Å². The first kappa shape index (κ1) is 41.2. The molecule has 0 saturated carbocycles. The van der Waals surface area contributed by atoms with Crippen molar-refractivity contribution in [2.45, 2.75) is 161 Å². The van der Waals surface area contributed by atoms with Crippen LogP contribution in [0, 0.1) is 5.92 Å². The maximum Gasteiger partial charge on any atom is 0.0314 e. The molecule has 0 bridgehead atoms. The molecule has 4 rings (SSSR count). The Morgan fingerprint density at radius 3 is 1.00 bits per heavy atom.